The van der Waals surface area contributed by atoms with Crippen molar-refractivity contribution in [3.63, 3.8) is 0 Å². The van der Waals surface area contributed by atoms with Gasteiger partial charge in [-0.25, -0.2) is 9.97 Å². The van der Waals surface area contributed by atoms with Crippen LogP contribution in [0, 0.1) is 5.92 Å². The topological polar surface area (TPSA) is 84.1 Å². The largest absolute Gasteiger partial charge is 0.368 e. The molecular weight excluding hydrogens is 326 g/mol. The highest BCUT2D eigenvalue weighted by Crippen LogP contribution is 2.30. The fraction of sp³-hybridized carbons (Fsp3) is 0.353. The van der Waals surface area contributed by atoms with Gasteiger partial charge in [0.25, 0.3) is 5.91 Å². The number of carbonyl (C=O) groups is 1. The molecule has 4 rings (SSSR count). The van der Waals surface area contributed by atoms with Gasteiger partial charge in [0.1, 0.15) is 0 Å². The smallest absolute Gasteiger partial charge is 0.257 e. The summed E-state index contributed by atoms with van der Waals surface area (Å²) < 4.78 is 0. The van der Waals surface area contributed by atoms with Crippen molar-refractivity contribution >= 4 is 24.3 Å². The maximum Gasteiger partial charge on any atom is 0.257 e. The van der Waals surface area contributed by atoms with E-state index in [9.17, 15) is 4.79 Å². The van der Waals surface area contributed by atoms with Crippen molar-refractivity contribution in [1.29, 1.82) is 0 Å². The first-order valence-electron chi connectivity index (χ1n) is 7.93. The second-order valence-electron chi connectivity index (χ2n) is 6.13. The monoisotopic (exact) mass is 345 g/mol. The van der Waals surface area contributed by atoms with Gasteiger partial charge in [0.15, 0.2) is 0 Å². The molecule has 2 aromatic rings. The number of nitrogen functional groups attached to an aromatic ring is 1. The van der Waals surface area contributed by atoms with Crippen molar-refractivity contribution in [3.05, 3.63) is 42.1 Å². The lowest BCUT2D eigenvalue weighted by atomic mass is 10.0. The number of carbonyl (C=O) groups excluding carboxylic acids is 1. The maximum absolute atomic E-state index is 13.1. The minimum absolute atomic E-state index is 0. The second-order valence-corrected chi connectivity index (χ2v) is 6.13. The van der Waals surface area contributed by atoms with E-state index in [1.165, 1.54) is 0 Å². The molecule has 0 radical (unpaired) electrons. The Labute approximate surface area is 146 Å². The minimum Gasteiger partial charge on any atom is -0.368 e. The second kappa shape index (κ2) is 6.75. The van der Waals surface area contributed by atoms with Gasteiger partial charge in [-0.2, -0.15) is 0 Å². The summed E-state index contributed by atoms with van der Waals surface area (Å²) in [6.45, 7) is 2.67. The van der Waals surface area contributed by atoms with E-state index in [2.05, 4.69) is 15.3 Å². The van der Waals surface area contributed by atoms with E-state index in [-0.39, 0.29) is 30.3 Å². The molecule has 0 bridgehead atoms. The Morgan fingerprint density at radius 3 is 2.83 bits per heavy atom. The zero-order chi connectivity index (χ0) is 15.8. The van der Waals surface area contributed by atoms with Crippen LogP contribution in [0.5, 0.6) is 0 Å². The summed E-state index contributed by atoms with van der Waals surface area (Å²) in [7, 11) is 0. The molecule has 0 aliphatic carbocycles. The Morgan fingerprint density at radius 1 is 1.25 bits per heavy atom. The summed E-state index contributed by atoms with van der Waals surface area (Å²) >= 11 is 0. The molecule has 24 heavy (non-hydrogen) atoms. The Kier molecular flexibility index (Phi) is 4.69. The van der Waals surface area contributed by atoms with Crippen LogP contribution in [0.25, 0.3) is 11.3 Å². The molecule has 2 atom stereocenters. The Hall–Kier alpha value is -2.18. The third-order valence-electron chi connectivity index (χ3n) is 4.79. The quantitative estimate of drug-likeness (QED) is 0.863. The minimum atomic E-state index is 0. The van der Waals surface area contributed by atoms with E-state index in [1.807, 2.05) is 35.2 Å². The van der Waals surface area contributed by atoms with Crippen LogP contribution in [-0.2, 0) is 0 Å². The highest BCUT2D eigenvalue weighted by Gasteiger charge is 2.40. The molecule has 126 valence electrons. The molecule has 1 aromatic heterocycles. The van der Waals surface area contributed by atoms with Crippen LogP contribution >= 0.6 is 12.4 Å². The normalized spacial score (nSPS) is 22.1. The van der Waals surface area contributed by atoms with Gasteiger partial charge in [0, 0.05) is 37.4 Å². The number of nitrogens with one attached hydrogen (secondary N) is 1. The van der Waals surface area contributed by atoms with E-state index in [0.717, 1.165) is 31.6 Å². The molecule has 7 heteroatoms. The molecule has 1 aromatic carbocycles. The standard InChI is InChI=1S/C17H19N5O.ClH/c18-17-20-9-13(15(21-17)11-4-2-1-3-5-11)16(23)22-7-6-12-8-19-10-14(12)22;/h1-5,9,12,14,19H,6-8,10H2,(H2,18,20,21);1H/t12-,14+;/m0./s1. The number of likely N-dealkylation sites (tertiary alicyclic amines) is 1. The average molecular weight is 346 g/mol. The first kappa shape index (κ1) is 16.7. The van der Waals surface area contributed by atoms with Gasteiger partial charge < -0.3 is 16.0 Å². The molecule has 3 heterocycles. The van der Waals surface area contributed by atoms with Crippen LogP contribution in [0.15, 0.2) is 36.5 Å². The molecule has 0 spiro atoms. The van der Waals surface area contributed by atoms with Gasteiger partial charge >= 0.3 is 0 Å². The zero-order valence-electron chi connectivity index (χ0n) is 13.2. The fourth-order valence-corrected chi connectivity index (χ4v) is 3.62. The van der Waals surface area contributed by atoms with Gasteiger partial charge in [-0.1, -0.05) is 30.3 Å². The Bertz CT molecular complexity index is 739. The third-order valence-corrected chi connectivity index (χ3v) is 4.79. The number of anilines is 1. The molecule has 3 N–H and O–H groups in total. The number of aromatic nitrogens is 2. The number of hydrogen-bond donors (Lipinski definition) is 2. The van der Waals surface area contributed by atoms with E-state index in [4.69, 9.17) is 5.73 Å². The first-order chi connectivity index (χ1) is 11.2. The SMILES string of the molecule is Cl.Nc1ncc(C(=O)N2CC[C@H]3CNC[C@H]32)c(-c2ccccc2)n1. The predicted molar refractivity (Wildman–Crippen MR) is 94.9 cm³/mol. The number of rotatable bonds is 2. The molecule has 2 aliphatic heterocycles. The number of amides is 1. The molecule has 0 unspecified atom stereocenters. The van der Waals surface area contributed by atoms with Crippen LogP contribution in [-0.4, -0.2) is 46.5 Å². The number of halogens is 1. The van der Waals surface area contributed by atoms with Gasteiger partial charge in [-0.05, 0) is 12.3 Å². The molecule has 1 amide bonds. The number of benzene rings is 1. The Balaban J connectivity index is 0.00000169. The van der Waals surface area contributed by atoms with Gasteiger partial charge in [-0.3, -0.25) is 4.79 Å². The predicted octanol–water partition coefficient (Wildman–Crippen LogP) is 1.58. The van der Waals surface area contributed by atoms with Crippen LogP contribution in [0.3, 0.4) is 0 Å². The third kappa shape index (κ3) is 2.83. The molecule has 6 nitrogen and oxygen atoms in total. The summed E-state index contributed by atoms with van der Waals surface area (Å²) in [5, 5.41) is 3.37. The summed E-state index contributed by atoms with van der Waals surface area (Å²) in [6, 6.07) is 9.93. The lowest BCUT2D eigenvalue weighted by Crippen LogP contribution is -2.39. The number of nitrogens with two attached hydrogens (primary N) is 1. The number of fused-ring (bicyclic) bond motifs is 1. The van der Waals surface area contributed by atoms with Crippen molar-refractivity contribution in [1.82, 2.24) is 20.2 Å². The van der Waals surface area contributed by atoms with Gasteiger partial charge in [0.2, 0.25) is 5.95 Å². The molecule has 2 fully saturated rings. The van der Waals surface area contributed by atoms with Crippen molar-refractivity contribution in [2.24, 2.45) is 5.92 Å². The van der Waals surface area contributed by atoms with E-state index in [1.54, 1.807) is 6.20 Å². The number of nitrogens with zero attached hydrogens (tertiary/aromatic N) is 3. The summed E-state index contributed by atoms with van der Waals surface area (Å²) in [5.74, 6) is 0.746. The summed E-state index contributed by atoms with van der Waals surface area (Å²) in [4.78, 5) is 23.4. The van der Waals surface area contributed by atoms with Crippen molar-refractivity contribution in [2.45, 2.75) is 12.5 Å². The molecular formula is C17H20ClN5O. The Morgan fingerprint density at radius 2 is 2.04 bits per heavy atom. The fourth-order valence-electron chi connectivity index (χ4n) is 3.62. The lowest BCUT2D eigenvalue weighted by Gasteiger charge is -2.24. The molecule has 2 aliphatic rings. The lowest BCUT2D eigenvalue weighted by molar-refractivity contribution is 0.0737. The summed E-state index contributed by atoms with van der Waals surface area (Å²) in [6.07, 6.45) is 2.61. The van der Waals surface area contributed by atoms with E-state index >= 15 is 0 Å². The van der Waals surface area contributed by atoms with Crippen molar-refractivity contribution in [3.8, 4) is 11.3 Å². The van der Waals surface area contributed by atoms with Crippen LogP contribution in [0.4, 0.5) is 5.95 Å². The highest BCUT2D eigenvalue weighted by atomic mass is 35.5. The van der Waals surface area contributed by atoms with Crippen LogP contribution in [0.1, 0.15) is 16.8 Å². The highest BCUT2D eigenvalue weighted by molar-refractivity contribution is 6.00. The van der Waals surface area contributed by atoms with Gasteiger partial charge in [0.05, 0.1) is 11.3 Å². The van der Waals surface area contributed by atoms with Gasteiger partial charge in [-0.15, -0.1) is 12.4 Å². The van der Waals surface area contributed by atoms with Crippen molar-refractivity contribution in [2.75, 3.05) is 25.4 Å². The summed E-state index contributed by atoms with van der Waals surface area (Å²) in [5.41, 5.74) is 7.76. The first-order valence-corrected chi connectivity index (χ1v) is 7.93. The maximum atomic E-state index is 13.1. The molecule has 2 saturated heterocycles. The zero-order valence-corrected chi connectivity index (χ0v) is 14.0. The van der Waals surface area contributed by atoms with Crippen LogP contribution < -0.4 is 11.1 Å². The van der Waals surface area contributed by atoms with E-state index < -0.39 is 0 Å². The average Bonchev–Trinajstić information content (AvgIpc) is 3.18. The van der Waals surface area contributed by atoms with E-state index in [0.29, 0.717) is 17.2 Å². The molecule has 0 saturated carbocycles. The van der Waals surface area contributed by atoms with Crippen molar-refractivity contribution < 1.29 is 4.79 Å². The number of hydrogen-bond acceptors (Lipinski definition) is 5. The van der Waals surface area contributed by atoms with Crippen LogP contribution in [0.2, 0.25) is 0 Å².